The fourth-order valence-corrected chi connectivity index (χ4v) is 1.66. The van der Waals surface area contributed by atoms with Crippen molar-refractivity contribution in [3.63, 3.8) is 0 Å². The molecule has 0 radical (unpaired) electrons. The van der Waals surface area contributed by atoms with Gasteiger partial charge < -0.3 is 0 Å². The summed E-state index contributed by atoms with van der Waals surface area (Å²) in [5.41, 5.74) is 4.27. The first kappa shape index (κ1) is 9.79. The van der Waals surface area contributed by atoms with Crippen molar-refractivity contribution in [1.82, 2.24) is 0 Å². The van der Waals surface area contributed by atoms with Gasteiger partial charge in [-0.25, -0.2) is 0 Å². The molecule has 0 spiro atoms. The first-order valence-electron chi connectivity index (χ1n) is 4.36. The lowest BCUT2D eigenvalue weighted by atomic mass is 10.0. The van der Waals surface area contributed by atoms with Gasteiger partial charge in [-0.1, -0.05) is 39.7 Å². The largest absolute Gasteiger partial charge is 0.0928 e. The molecule has 0 bridgehead atoms. The molecule has 0 amide bonds. The Morgan fingerprint density at radius 1 is 1.25 bits per heavy atom. The van der Waals surface area contributed by atoms with Crippen LogP contribution in [0.3, 0.4) is 0 Å². The van der Waals surface area contributed by atoms with Crippen LogP contribution in [-0.4, -0.2) is 5.33 Å². The Hall–Kier alpha value is -0.300. The van der Waals surface area contributed by atoms with Crippen LogP contribution < -0.4 is 0 Å². The van der Waals surface area contributed by atoms with E-state index in [2.05, 4.69) is 48.0 Å². The average Bonchev–Trinajstić information content (AvgIpc) is 2.03. The fourth-order valence-electron chi connectivity index (χ4n) is 1.38. The molecule has 0 atom stereocenters. The lowest BCUT2D eigenvalue weighted by Gasteiger charge is -2.04. The quantitative estimate of drug-likeness (QED) is 0.691. The Balaban J connectivity index is 2.72. The zero-order valence-corrected chi connectivity index (χ0v) is 9.32. The van der Waals surface area contributed by atoms with E-state index in [4.69, 9.17) is 0 Å². The van der Waals surface area contributed by atoms with E-state index in [1.807, 2.05) is 0 Å². The summed E-state index contributed by atoms with van der Waals surface area (Å²) in [7, 11) is 0. The summed E-state index contributed by atoms with van der Waals surface area (Å²) in [5.74, 6) is 0. The SMILES string of the molecule is Cc1ccc(CCCBr)c(C)c1. The lowest BCUT2D eigenvalue weighted by molar-refractivity contribution is 0.928. The minimum Gasteiger partial charge on any atom is -0.0928 e. The van der Waals surface area contributed by atoms with E-state index in [1.54, 1.807) is 0 Å². The number of alkyl halides is 1. The fraction of sp³-hybridized carbons (Fsp3) is 0.455. The summed E-state index contributed by atoms with van der Waals surface area (Å²) in [6.45, 7) is 4.33. The van der Waals surface area contributed by atoms with Gasteiger partial charge in [0.15, 0.2) is 0 Å². The highest BCUT2D eigenvalue weighted by atomic mass is 79.9. The van der Waals surface area contributed by atoms with Gasteiger partial charge in [-0.05, 0) is 37.8 Å². The smallest absolute Gasteiger partial charge is 0.00344 e. The predicted molar refractivity (Wildman–Crippen MR) is 58.0 cm³/mol. The zero-order chi connectivity index (χ0) is 8.97. The van der Waals surface area contributed by atoms with Gasteiger partial charge in [0, 0.05) is 5.33 Å². The van der Waals surface area contributed by atoms with E-state index in [0.29, 0.717) is 0 Å². The third-order valence-electron chi connectivity index (χ3n) is 2.08. The van der Waals surface area contributed by atoms with Crippen molar-refractivity contribution in [3.8, 4) is 0 Å². The summed E-state index contributed by atoms with van der Waals surface area (Å²) in [6, 6.07) is 6.69. The maximum Gasteiger partial charge on any atom is 0.00344 e. The molecule has 0 unspecified atom stereocenters. The van der Waals surface area contributed by atoms with Crippen LogP contribution in [0.15, 0.2) is 18.2 Å². The van der Waals surface area contributed by atoms with Crippen molar-refractivity contribution in [1.29, 1.82) is 0 Å². The molecule has 0 heterocycles. The topological polar surface area (TPSA) is 0 Å². The molecular weight excluding hydrogens is 212 g/mol. The Bertz CT molecular complexity index is 253. The van der Waals surface area contributed by atoms with E-state index in [-0.39, 0.29) is 0 Å². The standard InChI is InChI=1S/C11H15Br/c1-9-5-6-11(4-3-7-12)10(2)8-9/h5-6,8H,3-4,7H2,1-2H3. The maximum absolute atomic E-state index is 3.45. The maximum atomic E-state index is 3.45. The van der Waals surface area contributed by atoms with Gasteiger partial charge in [-0.2, -0.15) is 0 Å². The molecule has 0 aliphatic carbocycles. The molecular formula is C11H15Br. The van der Waals surface area contributed by atoms with Crippen LogP contribution in [0.5, 0.6) is 0 Å². The summed E-state index contributed by atoms with van der Waals surface area (Å²) >= 11 is 3.45. The Morgan fingerprint density at radius 3 is 2.58 bits per heavy atom. The van der Waals surface area contributed by atoms with E-state index >= 15 is 0 Å². The Labute approximate surface area is 83.1 Å². The number of benzene rings is 1. The second kappa shape index (κ2) is 4.66. The second-order valence-electron chi connectivity index (χ2n) is 3.22. The molecule has 1 aromatic rings. The summed E-state index contributed by atoms with van der Waals surface area (Å²) in [6.07, 6.45) is 2.42. The Kier molecular flexibility index (Phi) is 3.80. The number of aryl methyl sites for hydroxylation is 3. The molecule has 1 rings (SSSR count). The third kappa shape index (κ3) is 2.63. The van der Waals surface area contributed by atoms with Crippen LogP contribution in [-0.2, 0) is 6.42 Å². The normalized spacial score (nSPS) is 10.2. The van der Waals surface area contributed by atoms with E-state index in [9.17, 15) is 0 Å². The van der Waals surface area contributed by atoms with Crippen molar-refractivity contribution < 1.29 is 0 Å². The molecule has 1 heteroatoms. The summed E-state index contributed by atoms with van der Waals surface area (Å²) < 4.78 is 0. The minimum atomic E-state index is 1.10. The van der Waals surface area contributed by atoms with E-state index in [1.165, 1.54) is 29.5 Å². The molecule has 0 N–H and O–H groups in total. The molecule has 0 saturated heterocycles. The predicted octanol–water partition coefficient (Wildman–Crippen LogP) is 3.63. The van der Waals surface area contributed by atoms with Crippen molar-refractivity contribution in [3.05, 3.63) is 34.9 Å². The highest BCUT2D eigenvalue weighted by molar-refractivity contribution is 9.09. The van der Waals surface area contributed by atoms with Crippen LogP contribution in [0.4, 0.5) is 0 Å². The first-order chi connectivity index (χ1) is 5.74. The van der Waals surface area contributed by atoms with Crippen LogP contribution in [0, 0.1) is 13.8 Å². The van der Waals surface area contributed by atoms with Crippen LogP contribution in [0.2, 0.25) is 0 Å². The van der Waals surface area contributed by atoms with Crippen LogP contribution in [0.1, 0.15) is 23.1 Å². The minimum absolute atomic E-state index is 1.10. The van der Waals surface area contributed by atoms with Crippen LogP contribution in [0.25, 0.3) is 0 Å². The van der Waals surface area contributed by atoms with Crippen molar-refractivity contribution in [2.45, 2.75) is 26.7 Å². The first-order valence-corrected chi connectivity index (χ1v) is 5.48. The Morgan fingerprint density at radius 2 is 2.00 bits per heavy atom. The van der Waals surface area contributed by atoms with Crippen LogP contribution >= 0.6 is 15.9 Å². The molecule has 0 saturated carbocycles. The highest BCUT2D eigenvalue weighted by Gasteiger charge is 1.96. The summed E-state index contributed by atoms with van der Waals surface area (Å²) in [4.78, 5) is 0. The number of hydrogen-bond acceptors (Lipinski definition) is 0. The van der Waals surface area contributed by atoms with Crippen molar-refractivity contribution in [2.24, 2.45) is 0 Å². The van der Waals surface area contributed by atoms with Crippen molar-refractivity contribution >= 4 is 15.9 Å². The van der Waals surface area contributed by atoms with Gasteiger partial charge in [0.05, 0.1) is 0 Å². The van der Waals surface area contributed by atoms with Gasteiger partial charge >= 0.3 is 0 Å². The average molecular weight is 227 g/mol. The van der Waals surface area contributed by atoms with E-state index < -0.39 is 0 Å². The molecule has 12 heavy (non-hydrogen) atoms. The molecule has 0 aromatic heterocycles. The summed E-state index contributed by atoms with van der Waals surface area (Å²) in [5, 5.41) is 1.10. The lowest BCUT2D eigenvalue weighted by Crippen LogP contribution is -1.90. The number of halogens is 1. The molecule has 0 nitrogen and oxygen atoms in total. The molecule has 66 valence electrons. The van der Waals surface area contributed by atoms with Gasteiger partial charge in [0.2, 0.25) is 0 Å². The molecule has 1 aromatic carbocycles. The molecule has 0 aliphatic heterocycles. The van der Waals surface area contributed by atoms with Gasteiger partial charge in [0.25, 0.3) is 0 Å². The highest BCUT2D eigenvalue weighted by Crippen LogP contribution is 2.12. The second-order valence-corrected chi connectivity index (χ2v) is 4.02. The molecule has 0 aliphatic rings. The van der Waals surface area contributed by atoms with Gasteiger partial charge in [-0.3, -0.25) is 0 Å². The number of rotatable bonds is 3. The van der Waals surface area contributed by atoms with Crippen molar-refractivity contribution in [2.75, 3.05) is 5.33 Å². The number of hydrogen-bond donors (Lipinski definition) is 0. The third-order valence-corrected chi connectivity index (χ3v) is 2.64. The van der Waals surface area contributed by atoms with E-state index in [0.717, 1.165) is 5.33 Å². The zero-order valence-electron chi connectivity index (χ0n) is 7.73. The molecule has 0 fully saturated rings. The van der Waals surface area contributed by atoms with Gasteiger partial charge in [-0.15, -0.1) is 0 Å². The monoisotopic (exact) mass is 226 g/mol. The van der Waals surface area contributed by atoms with Gasteiger partial charge in [0.1, 0.15) is 0 Å².